The largest absolute Gasteiger partial charge is 0.360 e. The van der Waals surface area contributed by atoms with Crippen molar-refractivity contribution in [1.29, 1.82) is 0 Å². The highest BCUT2D eigenvalue weighted by atomic mass is 35.5. The molecule has 0 radical (unpaired) electrons. The number of benzene rings is 2. The molecule has 0 saturated carbocycles. The molecule has 10 heteroatoms. The van der Waals surface area contributed by atoms with Crippen LogP contribution < -0.4 is 5.32 Å². The summed E-state index contributed by atoms with van der Waals surface area (Å²) in [7, 11) is 0. The summed E-state index contributed by atoms with van der Waals surface area (Å²) in [5.41, 5.74) is 1.84. The molecule has 0 spiro atoms. The van der Waals surface area contributed by atoms with Gasteiger partial charge in [-0.25, -0.2) is 0 Å². The fraction of sp³-hybridized carbons (Fsp3) is 0.0952. The van der Waals surface area contributed by atoms with E-state index in [0.29, 0.717) is 48.4 Å². The molecule has 0 fully saturated rings. The average molecular weight is 497 g/mol. The van der Waals surface area contributed by atoms with Crippen LogP contribution in [0.15, 0.2) is 45.4 Å². The van der Waals surface area contributed by atoms with Crippen molar-refractivity contribution in [3.05, 3.63) is 73.6 Å². The van der Waals surface area contributed by atoms with E-state index in [1.165, 1.54) is 0 Å². The van der Waals surface area contributed by atoms with Crippen molar-refractivity contribution in [2.45, 2.75) is 13.8 Å². The van der Waals surface area contributed by atoms with Crippen LogP contribution in [-0.4, -0.2) is 16.2 Å². The number of hydrogen-bond donors (Lipinski definition) is 1. The van der Waals surface area contributed by atoms with Gasteiger partial charge in [0.2, 0.25) is 0 Å². The van der Waals surface area contributed by atoms with E-state index in [0.717, 1.165) is 0 Å². The van der Waals surface area contributed by atoms with Crippen LogP contribution in [0.2, 0.25) is 20.1 Å². The maximum atomic E-state index is 13.3. The summed E-state index contributed by atoms with van der Waals surface area (Å²) in [6.45, 7) is 3.27. The maximum Gasteiger partial charge on any atom is 0.261 e. The molecule has 2 heterocycles. The van der Waals surface area contributed by atoms with E-state index < -0.39 is 5.91 Å². The van der Waals surface area contributed by atoms with Crippen molar-refractivity contribution < 1.29 is 13.8 Å². The zero-order valence-corrected chi connectivity index (χ0v) is 19.1. The van der Waals surface area contributed by atoms with Crippen molar-refractivity contribution in [1.82, 2.24) is 10.3 Å². The Morgan fingerprint density at radius 3 is 1.77 bits per heavy atom. The number of nitrogens with one attached hydrogen (secondary N) is 1. The van der Waals surface area contributed by atoms with Gasteiger partial charge in [0.25, 0.3) is 5.91 Å². The summed E-state index contributed by atoms with van der Waals surface area (Å²) in [4.78, 5) is 13.3. The van der Waals surface area contributed by atoms with Gasteiger partial charge in [-0.15, -0.1) is 0 Å². The summed E-state index contributed by atoms with van der Waals surface area (Å²) < 4.78 is 10.6. The lowest BCUT2D eigenvalue weighted by molar-refractivity contribution is 0.102. The lowest BCUT2D eigenvalue weighted by Crippen LogP contribution is -2.14. The second-order valence-corrected chi connectivity index (χ2v) is 8.20. The molecule has 0 atom stereocenters. The van der Waals surface area contributed by atoms with Crippen LogP contribution in [0, 0.1) is 13.8 Å². The van der Waals surface area contributed by atoms with Gasteiger partial charge in [-0.2, -0.15) is 0 Å². The van der Waals surface area contributed by atoms with Gasteiger partial charge < -0.3 is 14.4 Å². The van der Waals surface area contributed by atoms with Gasteiger partial charge >= 0.3 is 0 Å². The predicted molar refractivity (Wildman–Crippen MR) is 121 cm³/mol. The van der Waals surface area contributed by atoms with Crippen LogP contribution in [0.1, 0.15) is 21.9 Å². The first-order valence-electron chi connectivity index (χ1n) is 8.92. The van der Waals surface area contributed by atoms with Gasteiger partial charge in [0.05, 0.1) is 20.1 Å². The normalized spacial score (nSPS) is 11.0. The molecule has 1 amide bonds. The van der Waals surface area contributed by atoms with Crippen LogP contribution in [0.25, 0.3) is 22.5 Å². The number of anilines is 1. The standard InChI is InChI=1S/C21H13Cl4N3O3/c1-9-15(19(27-30-9)16-11(22)5-3-6-12(16)23)21(29)26-18-10(2)31-28-20(18)17-13(24)7-4-8-14(17)25/h3-8H,1-2H3,(H,26,29). The molecular weight excluding hydrogens is 484 g/mol. The van der Waals surface area contributed by atoms with Gasteiger partial charge in [0.15, 0.2) is 5.76 Å². The Labute approximate surface area is 197 Å². The van der Waals surface area contributed by atoms with Crippen molar-refractivity contribution in [2.75, 3.05) is 5.32 Å². The number of nitrogens with zero attached hydrogens (tertiary/aromatic N) is 2. The summed E-state index contributed by atoms with van der Waals surface area (Å²) in [6.07, 6.45) is 0. The van der Waals surface area contributed by atoms with Crippen molar-refractivity contribution in [3.63, 3.8) is 0 Å². The number of halogens is 4. The first-order chi connectivity index (χ1) is 14.8. The highest BCUT2D eigenvalue weighted by molar-refractivity contribution is 6.40. The topological polar surface area (TPSA) is 81.2 Å². The smallest absolute Gasteiger partial charge is 0.261 e. The molecule has 4 rings (SSSR count). The minimum absolute atomic E-state index is 0.173. The number of carbonyl (C=O) groups excluding carboxylic acids is 1. The Kier molecular flexibility index (Phi) is 5.99. The zero-order chi connectivity index (χ0) is 22.3. The highest BCUT2D eigenvalue weighted by Gasteiger charge is 2.28. The molecule has 1 N–H and O–H groups in total. The van der Waals surface area contributed by atoms with Gasteiger partial charge in [-0.1, -0.05) is 68.8 Å². The monoisotopic (exact) mass is 495 g/mol. The number of rotatable bonds is 4. The zero-order valence-electron chi connectivity index (χ0n) is 16.1. The molecule has 0 aliphatic rings. The Balaban J connectivity index is 1.79. The van der Waals surface area contributed by atoms with E-state index in [1.807, 2.05) is 0 Å². The SMILES string of the molecule is Cc1onc(-c2c(Cl)cccc2Cl)c1NC(=O)c1c(-c2c(Cl)cccc2Cl)noc1C. The van der Waals surface area contributed by atoms with Gasteiger partial charge in [0.1, 0.15) is 28.4 Å². The van der Waals surface area contributed by atoms with E-state index in [2.05, 4.69) is 15.6 Å². The second-order valence-electron chi connectivity index (χ2n) is 6.57. The Morgan fingerprint density at radius 1 is 0.774 bits per heavy atom. The third kappa shape index (κ3) is 3.92. The molecule has 0 aliphatic heterocycles. The molecule has 158 valence electrons. The quantitative estimate of drug-likeness (QED) is 0.316. The molecule has 0 aliphatic carbocycles. The maximum absolute atomic E-state index is 13.3. The number of amides is 1. The van der Waals surface area contributed by atoms with Crippen molar-refractivity contribution in [3.8, 4) is 22.5 Å². The van der Waals surface area contributed by atoms with Crippen molar-refractivity contribution >= 4 is 58.0 Å². The molecule has 2 aromatic carbocycles. The number of hydrogen-bond acceptors (Lipinski definition) is 5. The second kappa shape index (κ2) is 8.55. The van der Waals surface area contributed by atoms with Crippen LogP contribution in [0.4, 0.5) is 5.69 Å². The van der Waals surface area contributed by atoms with Crippen LogP contribution in [-0.2, 0) is 0 Å². The van der Waals surface area contributed by atoms with Gasteiger partial charge in [0, 0.05) is 11.1 Å². The third-order valence-corrected chi connectivity index (χ3v) is 5.85. The summed E-state index contributed by atoms with van der Waals surface area (Å²) >= 11 is 25.2. The molecule has 31 heavy (non-hydrogen) atoms. The molecule has 0 bridgehead atoms. The van der Waals surface area contributed by atoms with Crippen LogP contribution >= 0.6 is 46.4 Å². The lowest BCUT2D eigenvalue weighted by atomic mass is 10.0. The fourth-order valence-corrected chi connectivity index (χ4v) is 4.28. The van der Waals surface area contributed by atoms with E-state index in [4.69, 9.17) is 55.4 Å². The molecule has 6 nitrogen and oxygen atoms in total. The Morgan fingerprint density at radius 2 is 1.23 bits per heavy atom. The van der Waals surface area contributed by atoms with Crippen LogP contribution in [0.5, 0.6) is 0 Å². The summed E-state index contributed by atoms with van der Waals surface area (Å²) in [6, 6.07) is 10.0. The summed E-state index contributed by atoms with van der Waals surface area (Å²) in [5, 5.41) is 12.2. The van der Waals surface area contributed by atoms with Crippen LogP contribution in [0.3, 0.4) is 0 Å². The van der Waals surface area contributed by atoms with E-state index in [1.54, 1.807) is 50.2 Å². The lowest BCUT2D eigenvalue weighted by Gasteiger charge is -2.09. The minimum atomic E-state index is -0.513. The minimum Gasteiger partial charge on any atom is -0.360 e. The highest BCUT2D eigenvalue weighted by Crippen LogP contribution is 2.40. The van der Waals surface area contributed by atoms with Crippen molar-refractivity contribution in [2.24, 2.45) is 0 Å². The van der Waals surface area contributed by atoms with Gasteiger partial charge in [-0.05, 0) is 38.1 Å². The fourth-order valence-electron chi connectivity index (χ4n) is 3.12. The number of carbonyl (C=O) groups is 1. The van der Waals surface area contributed by atoms with E-state index in [-0.39, 0.29) is 17.0 Å². The van der Waals surface area contributed by atoms with E-state index >= 15 is 0 Å². The third-order valence-electron chi connectivity index (χ3n) is 4.59. The first-order valence-corrected chi connectivity index (χ1v) is 10.4. The molecular formula is C21H13Cl4N3O3. The number of aromatic nitrogens is 2. The molecule has 4 aromatic rings. The molecule has 2 aromatic heterocycles. The Hall–Kier alpha value is -2.51. The van der Waals surface area contributed by atoms with Gasteiger partial charge in [-0.3, -0.25) is 4.79 Å². The first kappa shape index (κ1) is 21.7. The number of aryl methyl sites for hydroxylation is 2. The Bertz CT molecular complexity index is 1270. The average Bonchev–Trinajstić information content (AvgIpc) is 3.25. The molecule has 0 unspecified atom stereocenters. The predicted octanol–water partition coefficient (Wildman–Crippen LogP) is 7.48. The molecule has 0 saturated heterocycles. The van der Waals surface area contributed by atoms with E-state index in [9.17, 15) is 4.79 Å². The summed E-state index contributed by atoms with van der Waals surface area (Å²) in [5.74, 6) is 0.140.